The number of carbonyl (C=O) groups excluding carboxylic acids is 2. The summed E-state index contributed by atoms with van der Waals surface area (Å²) in [6.45, 7) is 2.55. The molecule has 1 aliphatic rings. The van der Waals surface area contributed by atoms with Crippen molar-refractivity contribution >= 4 is 79.9 Å². The summed E-state index contributed by atoms with van der Waals surface area (Å²) in [5.74, 6) is -0.318. The van der Waals surface area contributed by atoms with E-state index in [1.807, 2.05) is 0 Å². The molecule has 1 aromatic carbocycles. The molecule has 0 aliphatic carbocycles. The van der Waals surface area contributed by atoms with Gasteiger partial charge in [0.25, 0.3) is 5.91 Å². The molecule has 0 spiro atoms. The van der Waals surface area contributed by atoms with Gasteiger partial charge in [0.2, 0.25) is 5.91 Å². The Hall–Kier alpha value is -1.78. The SMILES string of the molecule is COCCCN1C(=O)C(=Cc2csc(N(C(C)=O)c3cccc(Cl)c3)n2)SC1=S. The Bertz CT molecular complexity index is 976. The van der Waals surface area contributed by atoms with Crippen molar-refractivity contribution in [3.63, 3.8) is 0 Å². The third-order valence-electron chi connectivity index (χ3n) is 3.97. The lowest BCUT2D eigenvalue weighted by molar-refractivity contribution is -0.122. The molecule has 0 radical (unpaired) electrons. The van der Waals surface area contributed by atoms with Crippen LogP contribution in [0.3, 0.4) is 0 Å². The van der Waals surface area contributed by atoms with Crippen LogP contribution in [0, 0.1) is 0 Å². The van der Waals surface area contributed by atoms with Crippen LogP contribution in [0.2, 0.25) is 5.02 Å². The van der Waals surface area contributed by atoms with Gasteiger partial charge in [0.05, 0.1) is 16.3 Å². The smallest absolute Gasteiger partial charge is 0.266 e. The van der Waals surface area contributed by atoms with Crippen LogP contribution in [0.25, 0.3) is 6.08 Å². The summed E-state index contributed by atoms with van der Waals surface area (Å²) < 4.78 is 5.56. The first-order valence-corrected chi connectivity index (χ1v) is 11.1. The van der Waals surface area contributed by atoms with E-state index in [-0.39, 0.29) is 11.8 Å². The van der Waals surface area contributed by atoms with E-state index in [9.17, 15) is 9.59 Å². The van der Waals surface area contributed by atoms with Crippen molar-refractivity contribution in [2.45, 2.75) is 13.3 Å². The molecule has 152 valence electrons. The lowest BCUT2D eigenvalue weighted by Gasteiger charge is -2.18. The highest BCUT2D eigenvalue weighted by Gasteiger charge is 2.31. The molecule has 0 unspecified atom stereocenters. The van der Waals surface area contributed by atoms with Crippen LogP contribution >= 0.6 is 46.9 Å². The molecule has 0 bridgehead atoms. The number of methoxy groups -OCH3 is 1. The van der Waals surface area contributed by atoms with Gasteiger partial charge < -0.3 is 4.74 Å². The van der Waals surface area contributed by atoms with E-state index in [2.05, 4.69) is 4.98 Å². The van der Waals surface area contributed by atoms with Gasteiger partial charge in [0.15, 0.2) is 5.13 Å². The fourth-order valence-corrected chi connectivity index (χ4v) is 5.00. The van der Waals surface area contributed by atoms with Crippen LogP contribution in [0.1, 0.15) is 19.0 Å². The van der Waals surface area contributed by atoms with Crippen LogP contribution < -0.4 is 4.90 Å². The predicted molar refractivity (Wildman–Crippen MR) is 123 cm³/mol. The zero-order chi connectivity index (χ0) is 21.0. The van der Waals surface area contributed by atoms with Crippen LogP contribution in [0.4, 0.5) is 10.8 Å². The first-order valence-electron chi connectivity index (χ1n) is 8.67. The molecule has 10 heteroatoms. The van der Waals surface area contributed by atoms with Gasteiger partial charge in [-0.1, -0.05) is 41.6 Å². The number of halogens is 1. The Morgan fingerprint density at radius 2 is 2.24 bits per heavy atom. The van der Waals surface area contributed by atoms with Crippen LogP contribution in [0.5, 0.6) is 0 Å². The number of anilines is 2. The van der Waals surface area contributed by atoms with Crippen molar-refractivity contribution in [1.29, 1.82) is 0 Å². The predicted octanol–water partition coefficient (Wildman–Crippen LogP) is 4.72. The zero-order valence-corrected chi connectivity index (χ0v) is 19.0. The maximum absolute atomic E-state index is 12.6. The van der Waals surface area contributed by atoms with E-state index >= 15 is 0 Å². The van der Waals surface area contributed by atoms with Gasteiger partial charge in [-0.15, -0.1) is 11.3 Å². The number of hydrogen-bond acceptors (Lipinski definition) is 7. The maximum Gasteiger partial charge on any atom is 0.266 e. The van der Waals surface area contributed by atoms with Gasteiger partial charge in [0.1, 0.15) is 4.32 Å². The summed E-state index contributed by atoms with van der Waals surface area (Å²) >= 11 is 13.9. The van der Waals surface area contributed by atoms with Gasteiger partial charge in [-0.3, -0.25) is 19.4 Å². The molecular formula is C19H18ClN3O3S3. The molecule has 6 nitrogen and oxygen atoms in total. The van der Waals surface area contributed by atoms with E-state index in [4.69, 9.17) is 28.6 Å². The Morgan fingerprint density at radius 1 is 1.45 bits per heavy atom. The number of thioether (sulfide) groups is 1. The minimum atomic E-state index is -0.183. The van der Waals surface area contributed by atoms with Crippen LogP contribution in [0.15, 0.2) is 34.6 Å². The molecule has 0 N–H and O–H groups in total. The monoisotopic (exact) mass is 467 g/mol. The summed E-state index contributed by atoms with van der Waals surface area (Å²) in [4.78, 5) is 32.9. The lowest BCUT2D eigenvalue weighted by Crippen LogP contribution is -2.29. The van der Waals surface area contributed by atoms with E-state index < -0.39 is 0 Å². The quantitative estimate of drug-likeness (QED) is 0.333. The number of amides is 2. The molecule has 1 fully saturated rings. The molecule has 2 aromatic rings. The minimum absolute atomic E-state index is 0.135. The second kappa shape index (κ2) is 9.82. The zero-order valence-electron chi connectivity index (χ0n) is 15.8. The number of aromatic nitrogens is 1. The van der Waals surface area contributed by atoms with Gasteiger partial charge in [-0.25, -0.2) is 4.98 Å². The van der Waals surface area contributed by atoms with Crippen molar-refractivity contribution in [1.82, 2.24) is 9.88 Å². The van der Waals surface area contributed by atoms with Crippen LogP contribution in [-0.4, -0.2) is 46.3 Å². The number of thiocarbonyl (C=S) groups is 1. The van der Waals surface area contributed by atoms with Crippen LogP contribution in [-0.2, 0) is 14.3 Å². The van der Waals surface area contributed by atoms with Gasteiger partial charge in [-0.05, 0) is 30.7 Å². The molecule has 1 aromatic heterocycles. The third kappa shape index (κ3) is 5.23. The molecule has 1 aliphatic heterocycles. The average molecular weight is 468 g/mol. The van der Waals surface area contributed by atoms with Crippen molar-refractivity contribution in [2.75, 3.05) is 25.2 Å². The van der Waals surface area contributed by atoms with E-state index in [1.54, 1.807) is 47.7 Å². The van der Waals surface area contributed by atoms with E-state index in [0.29, 0.717) is 50.3 Å². The fourth-order valence-electron chi connectivity index (χ4n) is 2.68. The molecule has 0 saturated carbocycles. The fraction of sp³-hybridized carbons (Fsp3) is 0.263. The Kier molecular flexibility index (Phi) is 7.42. The molecule has 1 saturated heterocycles. The Balaban J connectivity index is 1.81. The standard InChI is InChI=1S/C19H18ClN3O3S3/c1-12(24)23(15-6-3-5-13(20)9-15)18-21-14(11-28-18)10-16-17(25)22(19(27)29-16)7-4-8-26-2/h3,5-6,9-11H,4,7-8H2,1-2H3. The number of thiazole rings is 1. The molecule has 3 rings (SSSR count). The summed E-state index contributed by atoms with van der Waals surface area (Å²) in [5.41, 5.74) is 1.23. The first-order chi connectivity index (χ1) is 13.9. The number of ether oxygens (including phenoxy) is 1. The van der Waals surface area contributed by atoms with Crippen molar-refractivity contribution in [3.05, 3.63) is 45.3 Å². The molecule has 2 amide bonds. The summed E-state index contributed by atoms with van der Waals surface area (Å²) in [7, 11) is 1.62. The molecule has 0 atom stereocenters. The van der Waals surface area contributed by atoms with Crippen molar-refractivity contribution in [2.24, 2.45) is 0 Å². The highest BCUT2D eigenvalue weighted by Crippen LogP contribution is 2.35. The Morgan fingerprint density at radius 3 is 2.93 bits per heavy atom. The van der Waals surface area contributed by atoms with Gasteiger partial charge >= 0.3 is 0 Å². The Labute approximate surface area is 187 Å². The lowest BCUT2D eigenvalue weighted by atomic mass is 10.3. The number of benzene rings is 1. The number of carbonyl (C=O) groups is 2. The third-order valence-corrected chi connectivity index (χ3v) is 6.42. The first kappa shape index (κ1) is 21.9. The summed E-state index contributed by atoms with van der Waals surface area (Å²) in [6.07, 6.45) is 2.41. The largest absolute Gasteiger partial charge is 0.385 e. The van der Waals surface area contributed by atoms with Gasteiger partial charge in [0, 0.05) is 37.6 Å². The van der Waals surface area contributed by atoms with E-state index in [1.165, 1.54) is 34.9 Å². The van der Waals surface area contributed by atoms with Crippen molar-refractivity contribution < 1.29 is 14.3 Å². The van der Waals surface area contributed by atoms with Crippen molar-refractivity contribution in [3.8, 4) is 0 Å². The molecule has 2 heterocycles. The maximum atomic E-state index is 12.6. The highest BCUT2D eigenvalue weighted by atomic mass is 35.5. The van der Waals surface area contributed by atoms with E-state index in [0.717, 1.165) is 0 Å². The number of hydrogen-bond donors (Lipinski definition) is 0. The summed E-state index contributed by atoms with van der Waals surface area (Å²) in [5, 5.41) is 2.83. The second-order valence-electron chi connectivity index (χ2n) is 6.07. The van der Waals surface area contributed by atoms with Gasteiger partial charge in [-0.2, -0.15) is 0 Å². The summed E-state index contributed by atoms with van der Waals surface area (Å²) in [6, 6.07) is 7.01. The number of nitrogens with zero attached hydrogens (tertiary/aromatic N) is 3. The number of rotatable bonds is 7. The topological polar surface area (TPSA) is 62.7 Å². The average Bonchev–Trinajstić information content (AvgIpc) is 3.21. The second-order valence-corrected chi connectivity index (χ2v) is 9.02. The highest BCUT2D eigenvalue weighted by molar-refractivity contribution is 8.26. The molecule has 29 heavy (non-hydrogen) atoms. The molecular weight excluding hydrogens is 450 g/mol. The minimum Gasteiger partial charge on any atom is -0.385 e. The normalized spacial score (nSPS) is 15.4.